The fourth-order valence-corrected chi connectivity index (χ4v) is 5.93. The predicted molar refractivity (Wildman–Crippen MR) is 127 cm³/mol. The minimum atomic E-state index is -0.866. The number of cyclic esters (lactones) is 2. The lowest BCUT2D eigenvalue weighted by molar-refractivity contribution is 0.0443. The molecule has 0 saturated carbocycles. The van der Waals surface area contributed by atoms with Gasteiger partial charge in [-0.2, -0.15) is 0 Å². The molecule has 0 amide bonds. The minimum Gasteiger partial charge on any atom is -0.386 e. The number of esters is 2. The smallest absolute Gasteiger partial charge is 0.346 e. The number of fused-ring (bicyclic) bond motifs is 5. The molecule has 4 aromatic carbocycles. The minimum absolute atomic E-state index is 0.119. The third-order valence-corrected chi connectivity index (χ3v) is 7.40. The van der Waals surface area contributed by atoms with Crippen LogP contribution >= 0.6 is 0 Å². The van der Waals surface area contributed by atoms with Crippen molar-refractivity contribution in [3.63, 3.8) is 0 Å². The van der Waals surface area contributed by atoms with Crippen LogP contribution in [0.5, 0.6) is 0 Å². The normalized spacial score (nSPS) is 16.6. The maximum atomic E-state index is 12.7. The standard InChI is InChI=1S/C30H16O5/c31-26-15-27(32)22-13-16(9-11-20(22)26)30(17-10-12-21-23(14-17)29(34)35-28(21)33)24-7-3-1-5-18(24)19-6-2-4-8-25(19)30/h1-14H,15H2. The summed E-state index contributed by atoms with van der Waals surface area (Å²) >= 11 is 0. The van der Waals surface area contributed by atoms with Crippen LogP contribution in [0.4, 0.5) is 0 Å². The maximum absolute atomic E-state index is 12.7. The van der Waals surface area contributed by atoms with Crippen molar-refractivity contribution >= 4 is 23.5 Å². The van der Waals surface area contributed by atoms with E-state index in [4.69, 9.17) is 4.74 Å². The van der Waals surface area contributed by atoms with Gasteiger partial charge < -0.3 is 4.74 Å². The topological polar surface area (TPSA) is 77.5 Å². The fourth-order valence-electron chi connectivity index (χ4n) is 5.93. The largest absolute Gasteiger partial charge is 0.386 e. The van der Waals surface area contributed by atoms with Gasteiger partial charge in [0, 0.05) is 11.1 Å². The van der Waals surface area contributed by atoms with E-state index < -0.39 is 17.4 Å². The Morgan fingerprint density at radius 2 is 1.03 bits per heavy atom. The summed E-state index contributed by atoms with van der Waals surface area (Å²) in [6.07, 6.45) is -0.119. The third-order valence-electron chi connectivity index (χ3n) is 7.40. The predicted octanol–water partition coefficient (Wildman–Crippen LogP) is 5.13. The average molecular weight is 456 g/mol. The molecular weight excluding hydrogens is 440 g/mol. The molecule has 7 rings (SSSR count). The number of ether oxygens (including phenoxy) is 1. The van der Waals surface area contributed by atoms with Gasteiger partial charge in [0.05, 0.1) is 23.0 Å². The summed E-state index contributed by atoms with van der Waals surface area (Å²) in [6.45, 7) is 0. The van der Waals surface area contributed by atoms with Crippen molar-refractivity contribution in [1.29, 1.82) is 0 Å². The summed E-state index contributed by atoms with van der Waals surface area (Å²) in [7, 11) is 0. The van der Waals surface area contributed by atoms with Crippen molar-refractivity contribution in [2.75, 3.05) is 0 Å². The van der Waals surface area contributed by atoms with Gasteiger partial charge >= 0.3 is 11.9 Å². The van der Waals surface area contributed by atoms with Crippen LogP contribution in [0.1, 0.15) is 70.1 Å². The molecule has 0 N–H and O–H groups in total. The summed E-state index contributed by atoms with van der Waals surface area (Å²) in [5, 5.41) is 0. The van der Waals surface area contributed by atoms with E-state index in [1.54, 1.807) is 18.2 Å². The zero-order chi connectivity index (χ0) is 23.9. The molecule has 0 fully saturated rings. The Labute approximate surface area is 200 Å². The highest BCUT2D eigenvalue weighted by Gasteiger charge is 2.47. The van der Waals surface area contributed by atoms with E-state index in [1.807, 2.05) is 54.6 Å². The average Bonchev–Trinajstić information content (AvgIpc) is 3.46. The number of carbonyl (C=O) groups is 4. The molecule has 4 aromatic rings. The number of carbonyl (C=O) groups excluding carboxylic acids is 4. The van der Waals surface area contributed by atoms with Crippen molar-refractivity contribution in [2.45, 2.75) is 11.8 Å². The van der Waals surface area contributed by atoms with E-state index >= 15 is 0 Å². The highest BCUT2D eigenvalue weighted by molar-refractivity contribution is 6.24. The van der Waals surface area contributed by atoms with E-state index in [1.165, 1.54) is 0 Å². The van der Waals surface area contributed by atoms with Crippen LogP contribution in [0, 0.1) is 0 Å². The molecule has 0 bridgehead atoms. The lowest BCUT2D eigenvalue weighted by Crippen LogP contribution is -2.29. The van der Waals surface area contributed by atoms with Gasteiger partial charge in [0.1, 0.15) is 0 Å². The fraction of sp³-hybridized carbons (Fsp3) is 0.0667. The Balaban J connectivity index is 1.61. The summed E-state index contributed by atoms with van der Waals surface area (Å²) in [6, 6.07) is 26.7. The second-order valence-corrected chi connectivity index (χ2v) is 9.06. The molecule has 0 spiro atoms. The van der Waals surface area contributed by atoms with Crippen molar-refractivity contribution in [3.05, 3.63) is 129 Å². The van der Waals surface area contributed by atoms with E-state index in [0.717, 1.165) is 33.4 Å². The van der Waals surface area contributed by atoms with Crippen molar-refractivity contribution in [3.8, 4) is 11.1 Å². The summed E-state index contributed by atoms with van der Waals surface area (Å²) in [4.78, 5) is 49.7. The quantitative estimate of drug-likeness (QED) is 0.272. The maximum Gasteiger partial charge on any atom is 0.346 e. The van der Waals surface area contributed by atoms with Crippen molar-refractivity contribution in [2.24, 2.45) is 0 Å². The zero-order valence-electron chi connectivity index (χ0n) is 18.3. The molecule has 0 atom stereocenters. The molecule has 5 heteroatoms. The van der Waals surface area contributed by atoms with Crippen LogP contribution in [-0.2, 0) is 10.2 Å². The van der Waals surface area contributed by atoms with Gasteiger partial charge in [-0.05, 0) is 51.6 Å². The molecule has 3 aliphatic rings. The number of rotatable bonds is 2. The van der Waals surface area contributed by atoms with E-state index in [0.29, 0.717) is 11.1 Å². The highest BCUT2D eigenvalue weighted by Crippen LogP contribution is 2.56. The first-order valence-corrected chi connectivity index (χ1v) is 11.3. The highest BCUT2D eigenvalue weighted by atomic mass is 16.6. The molecule has 0 radical (unpaired) electrons. The Morgan fingerprint density at radius 3 is 1.69 bits per heavy atom. The molecule has 0 saturated heterocycles. The number of benzene rings is 4. The van der Waals surface area contributed by atoms with Crippen LogP contribution < -0.4 is 0 Å². The summed E-state index contributed by atoms with van der Waals surface area (Å²) < 4.78 is 4.85. The van der Waals surface area contributed by atoms with Gasteiger partial charge in [0.25, 0.3) is 0 Å². The monoisotopic (exact) mass is 456 g/mol. The molecule has 2 aliphatic carbocycles. The van der Waals surface area contributed by atoms with Gasteiger partial charge in [-0.3, -0.25) is 9.59 Å². The van der Waals surface area contributed by atoms with Gasteiger partial charge in [-0.15, -0.1) is 0 Å². The summed E-state index contributed by atoms with van der Waals surface area (Å²) in [5.41, 5.74) is 6.13. The first kappa shape index (κ1) is 19.8. The molecule has 166 valence electrons. The second kappa shape index (κ2) is 6.70. The number of Topliss-reactive ketones (excluding diaryl/α,β-unsaturated/α-hetero) is 2. The molecule has 5 nitrogen and oxygen atoms in total. The Bertz CT molecular complexity index is 1550. The van der Waals surface area contributed by atoms with E-state index in [2.05, 4.69) is 12.1 Å². The molecule has 1 heterocycles. The second-order valence-electron chi connectivity index (χ2n) is 9.06. The van der Waals surface area contributed by atoms with Gasteiger partial charge in [-0.25, -0.2) is 9.59 Å². The van der Waals surface area contributed by atoms with Crippen molar-refractivity contribution in [1.82, 2.24) is 0 Å². The molecule has 35 heavy (non-hydrogen) atoms. The first-order chi connectivity index (χ1) is 17.0. The Hall–Kier alpha value is -4.64. The van der Waals surface area contributed by atoms with Gasteiger partial charge in [0.2, 0.25) is 0 Å². The number of hydrogen-bond donors (Lipinski definition) is 0. The van der Waals surface area contributed by atoms with Gasteiger partial charge in [0.15, 0.2) is 11.6 Å². The Morgan fingerprint density at radius 1 is 0.514 bits per heavy atom. The van der Waals surface area contributed by atoms with Crippen LogP contribution in [0.2, 0.25) is 0 Å². The lowest BCUT2D eigenvalue weighted by Gasteiger charge is -2.34. The zero-order valence-corrected chi connectivity index (χ0v) is 18.3. The number of hydrogen-bond acceptors (Lipinski definition) is 5. The van der Waals surface area contributed by atoms with Crippen LogP contribution in [0.3, 0.4) is 0 Å². The SMILES string of the molecule is O=C1CC(=O)c2cc(C3(c4ccc5c(c4)C(=O)OC5=O)c4ccccc4-c4ccccc43)ccc21. The third kappa shape index (κ3) is 2.42. The van der Waals surface area contributed by atoms with Gasteiger partial charge in [-0.1, -0.05) is 66.7 Å². The van der Waals surface area contributed by atoms with Crippen LogP contribution in [0.15, 0.2) is 84.9 Å². The molecule has 0 aromatic heterocycles. The van der Waals surface area contributed by atoms with E-state index in [-0.39, 0.29) is 29.1 Å². The van der Waals surface area contributed by atoms with Crippen LogP contribution in [0.25, 0.3) is 11.1 Å². The van der Waals surface area contributed by atoms with E-state index in [9.17, 15) is 19.2 Å². The number of ketones is 2. The van der Waals surface area contributed by atoms with Crippen LogP contribution in [-0.4, -0.2) is 23.5 Å². The first-order valence-electron chi connectivity index (χ1n) is 11.3. The lowest BCUT2D eigenvalue weighted by atomic mass is 9.67. The Kier molecular flexibility index (Phi) is 3.79. The van der Waals surface area contributed by atoms with Crippen molar-refractivity contribution < 1.29 is 23.9 Å². The molecule has 1 aliphatic heterocycles. The molecule has 0 unspecified atom stereocenters. The summed E-state index contributed by atoms with van der Waals surface area (Å²) in [5.74, 6) is -1.68. The molecular formula is C30H16O5.